The Balaban J connectivity index is -0.00000200. The predicted molar refractivity (Wildman–Crippen MR) is 83.0 cm³/mol. The second kappa shape index (κ2) is 16.2. The molecule has 0 aliphatic heterocycles. The van der Waals surface area contributed by atoms with Crippen molar-refractivity contribution in [3.63, 3.8) is 0 Å². The predicted octanol–water partition coefficient (Wildman–Crippen LogP) is -0.213. The molecule has 0 rings (SSSR count). The summed E-state index contributed by atoms with van der Waals surface area (Å²) in [7, 11) is -4.23. The van der Waals surface area contributed by atoms with Crippen molar-refractivity contribution in [2.45, 2.75) is 71.1 Å². The molecule has 0 saturated carbocycles. The molecule has 0 bridgehead atoms. The third kappa shape index (κ3) is 16.7. The van der Waals surface area contributed by atoms with Crippen LogP contribution in [0.1, 0.15) is 72.6 Å². The fraction of sp³-hybridized carbons (Fsp3) is 0.929. The molecule has 0 aromatic heterocycles. The summed E-state index contributed by atoms with van der Waals surface area (Å²) in [4.78, 5) is 11.3. The molecule has 6 nitrogen and oxygen atoms in total. The standard InChI is InChI=1S/C14H29NO5S.Na.H/c1-2-3-4-5-6-7-8-9-10-11-14(16)20-21(17,18)19-13-12-15;;/h2-13,15H2,1H3;;/q;+1;-1. The molecule has 0 saturated heterocycles. The Morgan fingerprint density at radius 2 is 1.50 bits per heavy atom. The number of rotatable bonds is 14. The van der Waals surface area contributed by atoms with Crippen LogP contribution in [0, 0.1) is 0 Å². The summed E-state index contributed by atoms with van der Waals surface area (Å²) in [6.45, 7) is 2.06. The van der Waals surface area contributed by atoms with Crippen molar-refractivity contribution in [1.29, 1.82) is 0 Å². The third-order valence-electron chi connectivity index (χ3n) is 3.02. The van der Waals surface area contributed by atoms with E-state index >= 15 is 0 Å². The molecule has 0 aromatic rings. The van der Waals surface area contributed by atoms with E-state index in [4.69, 9.17) is 5.73 Å². The van der Waals surface area contributed by atoms with Gasteiger partial charge in [0, 0.05) is 13.0 Å². The molecule has 0 heterocycles. The van der Waals surface area contributed by atoms with Gasteiger partial charge in [-0.15, -0.1) is 0 Å². The number of hydrogen-bond donors (Lipinski definition) is 1. The molecule has 2 N–H and O–H groups in total. The molecule has 22 heavy (non-hydrogen) atoms. The molecule has 0 unspecified atom stereocenters. The van der Waals surface area contributed by atoms with Gasteiger partial charge in [-0.2, -0.15) is 8.42 Å². The quantitative estimate of drug-likeness (QED) is 0.345. The second-order valence-electron chi connectivity index (χ2n) is 5.05. The first-order valence-electron chi connectivity index (χ1n) is 7.83. The van der Waals surface area contributed by atoms with Crippen molar-refractivity contribution < 1.29 is 52.6 Å². The van der Waals surface area contributed by atoms with E-state index in [1.165, 1.54) is 32.1 Å². The molecule has 128 valence electrons. The maximum atomic E-state index is 11.3. The molecule has 0 atom stereocenters. The van der Waals surface area contributed by atoms with Gasteiger partial charge in [0.25, 0.3) is 0 Å². The van der Waals surface area contributed by atoms with Crippen molar-refractivity contribution in [1.82, 2.24) is 0 Å². The maximum absolute atomic E-state index is 11.3. The SMILES string of the molecule is CCCCCCCCCCCC(=O)OS(=O)(=O)OCCN.[H-].[Na+]. The van der Waals surface area contributed by atoms with Gasteiger partial charge in [0.05, 0.1) is 6.61 Å². The minimum absolute atomic E-state index is 0. The van der Waals surface area contributed by atoms with E-state index in [1.54, 1.807) is 0 Å². The van der Waals surface area contributed by atoms with Gasteiger partial charge in [0.2, 0.25) is 0 Å². The Morgan fingerprint density at radius 1 is 1.00 bits per heavy atom. The topological polar surface area (TPSA) is 95.7 Å². The first-order chi connectivity index (χ1) is 10.0. The van der Waals surface area contributed by atoms with Crippen LogP contribution in [0.4, 0.5) is 0 Å². The van der Waals surface area contributed by atoms with Crippen LogP contribution < -0.4 is 35.3 Å². The minimum atomic E-state index is -4.23. The van der Waals surface area contributed by atoms with Crippen LogP contribution >= 0.6 is 0 Å². The molecule has 0 aromatic carbocycles. The number of nitrogens with two attached hydrogens (primary N) is 1. The van der Waals surface area contributed by atoms with E-state index in [0.29, 0.717) is 6.42 Å². The van der Waals surface area contributed by atoms with Gasteiger partial charge >= 0.3 is 45.9 Å². The first-order valence-corrected chi connectivity index (χ1v) is 9.17. The molecule has 8 heteroatoms. The summed E-state index contributed by atoms with van der Waals surface area (Å²) >= 11 is 0. The summed E-state index contributed by atoms with van der Waals surface area (Å²) < 4.78 is 30.9. The van der Waals surface area contributed by atoms with Crippen LogP contribution in [0.3, 0.4) is 0 Å². The molecule has 0 spiro atoms. The van der Waals surface area contributed by atoms with Crippen LogP contribution in [-0.4, -0.2) is 27.5 Å². The molecule has 0 amide bonds. The van der Waals surface area contributed by atoms with Gasteiger partial charge in [0.15, 0.2) is 0 Å². The van der Waals surface area contributed by atoms with Crippen molar-refractivity contribution in [2.75, 3.05) is 13.2 Å². The second-order valence-corrected chi connectivity index (χ2v) is 6.27. The zero-order chi connectivity index (χ0) is 16.0. The zero-order valence-electron chi connectivity index (χ0n) is 15.0. The van der Waals surface area contributed by atoms with Crippen molar-refractivity contribution >= 4 is 16.4 Å². The van der Waals surface area contributed by atoms with E-state index < -0.39 is 16.4 Å². The summed E-state index contributed by atoms with van der Waals surface area (Å²) in [5.41, 5.74) is 5.10. The van der Waals surface area contributed by atoms with E-state index in [9.17, 15) is 13.2 Å². The van der Waals surface area contributed by atoms with E-state index in [1.807, 2.05) is 0 Å². The fourth-order valence-electron chi connectivity index (χ4n) is 1.91. The zero-order valence-corrected chi connectivity index (χ0v) is 16.8. The Hall–Kier alpha value is 0.340. The number of hydrogen-bond acceptors (Lipinski definition) is 6. The normalized spacial score (nSPS) is 11.0. The van der Waals surface area contributed by atoms with Crippen LogP contribution in [0.2, 0.25) is 0 Å². The van der Waals surface area contributed by atoms with Crippen LogP contribution in [0.25, 0.3) is 0 Å². The van der Waals surface area contributed by atoms with Crippen LogP contribution in [-0.2, 0) is 23.6 Å². The van der Waals surface area contributed by atoms with Crippen LogP contribution in [0.15, 0.2) is 0 Å². The van der Waals surface area contributed by atoms with Crippen molar-refractivity contribution in [2.24, 2.45) is 5.73 Å². The summed E-state index contributed by atoms with van der Waals surface area (Å²) in [6.07, 6.45) is 10.2. The van der Waals surface area contributed by atoms with E-state index in [2.05, 4.69) is 15.3 Å². The van der Waals surface area contributed by atoms with Gasteiger partial charge in [-0.3, -0.25) is 4.79 Å². The molecule has 0 fully saturated rings. The Labute approximate surface area is 158 Å². The fourth-order valence-corrected chi connectivity index (χ4v) is 2.57. The Kier molecular flexibility index (Phi) is 18.1. The average molecular weight is 347 g/mol. The number of carbonyl (C=O) groups is 1. The molecule has 0 aliphatic rings. The van der Waals surface area contributed by atoms with Gasteiger partial charge < -0.3 is 11.3 Å². The third-order valence-corrected chi connectivity index (χ3v) is 3.87. The smallest absolute Gasteiger partial charge is 1.00 e. The molecule has 0 radical (unpaired) electrons. The average Bonchev–Trinajstić information content (AvgIpc) is 2.43. The number of carbonyl (C=O) groups excluding carboxylic acids is 1. The van der Waals surface area contributed by atoms with E-state index in [-0.39, 0.29) is 50.6 Å². The van der Waals surface area contributed by atoms with Gasteiger partial charge in [-0.25, -0.2) is 4.18 Å². The molecular formula is C14H30NNaO5S. The van der Waals surface area contributed by atoms with Gasteiger partial charge in [-0.1, -0.05) is 58.3 Å². The summed E-state index contributed by atoms with van der Waals surface area (Å²) in [5.74, 6) is -0.769. The van der Waals surface area contributed by atoms with E-state index in [0.717, 1.165) is 19.3 Å². The number of unbranched alkanes of at least 4 members (excludes halogenated alkanes) is 8. The summed E-state index contributed by atoms with van der Waals surface area (Å²) in [6, 6.07) is 0. The van der Waals surface area contributed by atoms with Crippen molar-refractivity contribution in [3.8, 4) is 0 Å². The van der Waals surface area contributed by atoms with Crippen LogP contribution in [0.5, 0.6) is 0 Å². The van der Waals surface area contributed by atoms with Crippen molar-refractivity contribution in [3.05, 3.63) is 0 Å². The molecule has 0 aliphatic carbocycles. The first kappa shape index (κ1) is 24.6. The minimum Gasteiger partial charge on any atom is -1.00 e. The monoisotopic (exact) mass is 347 g/mol. The summed E-state index contributed by atoms with van der Waals surface area (Å²) in [5, 5.41) is 0. The Bertz CT molecular complexity index is 368. The molecular weight excluding hydrogens is 317 g/mol. The Morgan fingerprint density at radius 3 is 2.00 bits per heavy atom. The van der Waals surface area contributed by atoms with Gasteiger partial charge in [0.1, 0.15) is 0 Å². The maximum Gasteiger partial charge on any atom is 1.00 e. The van der Waals surface area contributed by atoms with Gasteiger partial charge in [-0.05, 0) is 6.42 Å². The largest absolute Gasteiger partial charge is 1.00 e.